The van der Waals surface area contributed by atoms with Gasteiger partial charge in [-0.2, -0.15) is 0 Å². The Morgan fingerprint density at radius 3 is 2.21 bits per heavy atom. The van der Waals surface area contributed by atoms with Gasteiger partial charge in [0, 0.05) is 24.5 Å². The number of para-hydroxylation sites is 1. The molecule has 4 heteroatoms. The maximum atomic E-state index is 6.28. The monoisotopic (exact) mass is 313 g/mol. The Labute approximate surface area is 128 Å². The molecule has 19 heavy (non-hydrogen) atoms. The van der Waals surface area contributed by atoms with E-state index in [1.54, 1.807) is 0 Å². The third-order valence-electron chi connectivity index (χ3n) is 2.96. The van der Waals surface area contributed by atoms with Gasteiger partial charge in [-0.25, -0.2) is 0 Å². The van der Waals surface area contributed by atoms with Crippen molar-refractivity contribution in [2.45, 2.75) is 12.4 Å². The largest absolute Gasteiger partial charge is 0.369 e. The van der Waals surface area contributed by atoms with Gasteiger partial charge in [0.15, 0.2) is 0 Å². The van der Waals surface area contributed by atoms with Gasteiger partial charge in [0.1, 0.15) is 0 Å². The summed E-state index contributed by atoms with van der Waals surface area (Å²) in [5, 5.41) is 1.46. The molecule has 0 atom stereocenters. The zero-order valence-electron chi connectivity index (χ0n) is 10.5. The quantitative estimate of drug-likeness (QED) is 0.686. The molecule has 1 nitrogen and oxygen atoms in total. The van der Waals surface area contributed by atoms with E-state index in [-0.39, 0.29) is 0 Å². The summed E-state index contributed by atoms with van der Waals surface area (Å²) in [6.07, 6.45) is 0. The van der Waals surface area contributed by atoms with Crippen LogP contribution in [0.5, 0.6) is 0 Å². The van der Waals surface area contributed by atoms with Crippen molar-refractivity contribution in [2.24, 2.45) is 0 Å². The van der Waals surface area contributed by atoms with Crippen LogP contribution in [-0.4, -0.2) is 7.05 Å². The topological polar surface area (TPSA) is 3.24 Å². The number of benzene rings is 2. The van der Waals surface area contributed by atoms with Gasteiger partial charge >= 0.3 is 0 Å². The lowest BCUT2D eigenvalue weighted by molar-refractivity contribution is 0.916. The van der Waals surface area contributed by atoms with E-state index in [2.05, 4.69) is 4.90 Å². The van der Waals surface area contributed by atoms with Gasteiger partial charge < -0.3 is 4.90 Å². The minimum absolute atomic E-state index is 0.433. The van der Waals surface area contributed by atoms with Crippen LogP contribution in [0.25, 0.3) is 0 Å². The average molecular weight is 315 g/mol. The van der Waals surface area contributed by atoms with Crippen LogP contribution < -0.4 is 4.90 Å². The maximum Gasteiger partial charge on any atom is 0.0642 e. The number of nitrogens with zero attached hydrogens (tertiary/aromatic N) is 1. The number of alkyl halides is 1. The Bertz CT molecular complexity index is 569. The molecule has 0 aliphatic carbocycles. The summed E-state index contributed by atoms with van der Waals surface area (Å²) >= 11 is 18.4. The average Bonchev–Trinajstić information content (AvgIpc) is 2.40. The Balaban J connectivity index is 2.30. The first-order chi connectivity index (χ1) is 9.13. The Morgan fingerprint density at radius 2 is 1.53 bits per heavy atom. The van der Waals surface area contributed by atoms with E-state index >= 15 is 0 Å². The second-order valence-electron chi connectivity index (χ2n) is 4.33. The highest BCUT2D eigenvalue weighted by Crippen LogP contribution is 2.31. The molecule has 2 aromatic rings. The van der Waals surface area contributed by atoms with Crippen LogP contribution in [0.15, 0.2) is 42.5 Å². The van der Waals surface area contributed by atoms with Crippen LogP contribution in [0.1, 0.15) is 11.1 Å². The van der Waals surface area contributed by atoms with Gasteiger partial charge in [0.2, 0.25) is 0 Å². The molecule has 0 unspecified atom stereocenters. The molecule has 0 bridgehead atoms. The number of hydrogen-bond donors (Lipinski definition) is 0. The fourth-order valence-electron chi connectivity index (χ4n) is 2.06. The molecule has 0 amide bonds. The van der Waals surface area contributed by atoms with Crippen molar-refractivity contribution in [3.63, 3.8) is 0 Å². The van der Waals surface area contributed by atoms with Crippen LogP contribution in [0.3, 0.4) is 0 Å². The van der Waals surface area contributed by atoms with E-state index in [9.17, 15) is 0 Å². The summed E-state index contributed by atoms with van der Waals surface area (Å²) in [5.74, 6) is 0.433. The highest BCUT2D eigenvalue weighted by molar-refractivity contribution is 6.33. The fraction of sp³-hybridized carbons (Fsp3) is 0.200. The standard InChI is InChI=1S/C15H14Cl3N/c1-19(10-12-5-2-3-7-13(12)17)15-11(9-16)6-4-8-14(15)18/h2-8H,9-10H2,1H3. The minimum Gasteiger partial charge on any atom is -0.369 e. The van der Waals surface area contributed by atoms with Crippen molar-refractivity contribution in [3.05, 3.63) is 63.6 Å². The van der Waals surface area contributed by atoms with Gasteiger partial charge in [0.25, 0.3) is 0 Å². The second kappa shape index (κ2) is 6.51. The maximum absolute atomic E-state index is 6.28. The zero-order chi connectivity index (χ0) is 13.8. The normalized spacial score (nSPS) is 10.5. The van der Waals surface area contributed by atoms with E-state index in [4.69, 9.17) is 34.8 Å². The van der Waals surface area contributed by atoms with Gasteiger partial charge in [-0.05, 0) is 23.3 Å². The molecule has 0 fully saturated rings. The first kappa shape index (κ1) is 14.5. The highest BCUT2D eigenvalue weighted by Gasteiger charge is 2.12. The second-order valence-corrected chi connectivity index (χ2v) is 5.41. The summed E-state index contributed by atoms with van der Waals surface area (Å²) in [6, 6.07) is 13.6. The molecule has 0 saturated heterocycles. The molecule has 0 aromatic heterocycles. The van der Waals surface area contributed by atoms with E-state index in [0.717, 1.165) is 21.8 Å². The third-order valence-corrected chi connectivity index (χ3v) is 3.92. The predicted octanol–water partition coefficient (Wildman–Crippen LogP) is 5.37. The van der Waals surface area contributed by atoms with Gasteiger partial charge in [0.05, 0.1) is 10.7 Å². The van der Waals surface area contributed by atoms with Crippen molar-refractivity contribution < 1.29 is 0 Å². The summed E-state index contributed by atoms with van der Waals surface area (Å²) < 4.78 is 0. The minimum atomic E-state index is 0.433. The molecule has 0 radical (unpaired) electrons. The summed E-state index contributed by atoms with van der Waals surface area (Å²) in [5.41, 5.74) is 3.04. The van der Waals surface area contributed by atoms with Crippen LogP contribution in [-0.2, 0) is 12.4 Å². The summed E-state index contributed by atoms with van der Waals surface area (Å²) in [4.78, 5) is 2.07. The highest BCUT2D eigenvalue weighted by atomic mass is 35.5. The molecule has 0 spiro atoms. The molecule has 2 rings (SSSR count). The van der Waals surface area contributed by atoms with E-state index in [0.29, 0.717) is 17.4 Å². The molecular formula is C15H14Cl3N. The van der Waals surface area contributed by atoms with Gasteiger partial charge in [-0.15, -0.1) is 11.6 Å². The van der Waals surface area contributed by atoms with Gasteiger partial charge in [-0.1, -0.05) is 53.5 Å². The molecular weight excluding hydrogens is 301 g/mol. The Kier molecular flexibility index (Phi) is 4.98. The van der Waals surface area contributed by atoms with E-state index in [1.807, 2.05) is 49.5 Å². The lowest BCUT2D eigenvalue weighted by Gasteiger charge is -2.23. The molecule has 2 aromatic carbocycles. The number of rotatable bonds is 4. The first-order valence-electron chi connectivity index (χ1n) is 5.91. The van der Waals surface area contributed by atoms with Crippen LogP contribution in [0.2, 0.25) is 10.0 Å². The van der Waals surface area contributed by atoms with Crippen molar-refractivity contribution in [1.29, 1.82) is 0 Å². The molecule has 0 heterocycles. The Morgan fingerprint density at radius 1 is 0.895 bits per heavy atom. The summed E-state index contributed by atoms with van der Waals surface area (Å²) in [6.45, 7) is 0.688. The fourth-order valence-corrected chi connectivity index (χ4v) is 2.81. The predicted molar refractivity (Wildman–Crippen MR) is 84.6 cm³/mol. The summed E-state index contributed by atoms with van der Waals surface area (Å²) in [7, 11) is 1.99. The van der Waals surface area contributed by atoms with Gasteiger partial charge in [-0.3, -0.25) is 0 Å². The van der Waals surface area contributed by atoms with Crippen LogP contribution >= 0.6 is 34.8 Å². The molecule has 0 aliphatic rings. The van der Waals surface area contributed by atoms with E-state index < -0.39 is 0 Å². The van der Waals surface area contributed by atoms with Crippen molar-refractivity contribution >= 4 is 40.5 Å². The van der Waals surface area contributed by atoms with E-state index in [1.165, 1.54) is 0 Å². The van der Waals surface area contributed by atoms with Crippen molar-refractivity contribution in [3.8, 4) is 0 Å². The number of halogens is 3. The number of anilines is 1. The third kappa shape index (κ3) is 3.36. The molecule has 0 N–H and O–H groups in total. The number of hydrogen-bond acceptors (Lipinski definition) is 1. The molecule has 0 aliphatic heterocycles. The lowest BCUT2D eigenvalue weighted by Crippen LogP contribution is -2.18. The SMILES string of the molecule is CN(Cc1ccccc1Cl)c1c(Cl)cccc1CCl. The molecule has 0 saturated carbocycles. The van der Waals surface area contributed by atoms with Crippen molar-refractivity contribution in [2.75, 3.05) is 11.9 Å². The van der Waals surface area contributed by atoms with Crippen LogP contribution in [0.4, 0.5) is 5.69 Å². The lowest BCUT2D eigenvalue weighted by atomic mass is 10.1. The van der Waals surface area contributed by atoms with Crippen LogP contribution in [0, 0.1) is 0 Å². The first-order valence-corrected chi connectivity index (χ1v) is 7.20. The molecule has 100 valence electrons. The smallest absolute Gasteiger partial charge is 0.0642 e. The van der Waals surface area contributed by atoms with Crippen molar-refractivity contribution in [1.82, 2.24) is 0 Å². The Hall–Kier alpha value is -0.890. The zero-order valence-corrected chi connectivity index (χ0v) is 12.8.